The van der Waals surface area contributed by atoms with E-state index in [1.54, 1.807) is 30.0 Å². The molecule has 7 nitrogen and oxygen atoms in total. The number of aliphatic hydroxyl groups excluding tert-OH is 1. The van der Waals surface area contributed by atoms with Crippen LogP contribution in [0.5, 0.6) is 5.75 Å². The Balaban J connectivity index is 1.94. The fourth-order valence-corrected chi connectivity index (χ4v) is 18.1. The van der Waals surface area contributed by atoms with Gasteiger partial charge in [0.15, 0.2) is 0 Å². The highest BCUT2D eigenvalue weighted by Crippen LogP contribution is 2.48. The van der Waals surface area contributed by atoms with Crippen molar-refractivity contribution in [3.63, 3.8) is 0 Å². The summed E-state index contributed by atoms with van der Waals surface area (Å²) in [5.74, 6) is 0.571. The summed E-state index contributed by atoms with van der Waals surface area (Å²) in [4.78, 5) is 13.2. The van der Waals surface area contributed by atoms with Crippen LogP contribution in [0.2, 0.25) is 22.2 Å². The molecule has 0 aromatic heterocycles. The quantitative estimate of drug-likeness (QED) is 0.318. The maximum Gasteiger partial charge on any atom is 0.342 e. The second-order valence-electron chi connectivity index (χ2n) is 11.1. The second kappa shape index (κ2) is 11.9. The summed E-state index contributed by atoms with van der Waals surface area (Å²) < 4.78 is 32.7. The fourth-order valence-electron chi connectivity index (χ4n) is 5.39. The minimum absolute atomic E-state index is 0.0686. The highest BCUT2D eigenvalue weighted by atomic mass is 32.2. The highest BCUT2D eigenvalue weighted by Gasteiger charge is 2.60. The first-order valence-electron chi connectivity index (χ1n) is 13.0. The van der Waals surface area contributed by atoms with Crippen molar-refractivity contribution in [1.29, 1.82) is 0 Å². The number of carbonyl (C=O) groups excluding carboxylic acids is 1. The van der Waals surface area contributed by atoms with Gasteiger partial charge in [0.1, 0.15) is 17.4 Å². The van der Waals surface area contributed by atoms with E-state index >= 15 is 0 Å². The lowest BCUT2D eigenvalue weighted by molar-refractivity contribution is -0.0190. The summed E-state index contributed by atoms with van der Waals surface area (Å²) in [6.45, 7) is 18.0. The molecule has 0 bridgehead atoms. The molecule has 3 rings (SSSR count). The minimum Gasteiger partial charge on any atom is -0.496 e. The molecule has 0 radical (unpaired) electrons. The molecule has 1 aromatic carbocycles. The molecular formula is C26H44O7SSi2. The maximum absolute atomic E-state index is 13.2. The first kappa shape index (κ1) is 29.7. The predicted molar refractivity (Wildman–Crippen MR) is 148 cm³/mol. The Morgan fingerprint density at radius 2 is 1.67 bits per heavy atom. The summed E-state index contributed by atoms with van der Waals surface area (Å²) in [6, 6.07) is 5.01. The lowest BCUT2D eigenvalue weighted by Crippen LogP contribution is -2.65. The molecule has 10 heteroatoms. The number of thioether (sulfide) groups is 1. The van der Waals surface area contributed by atoms with Gasteiger partial charge in [0.25, 0.3) is 0 Å². The minimum atomic E-state index is -2.79. The van der Waals surface area contributed by atoms with Gasteiger partial charge in [-0.05, 0) is 39.9 Å². The topological polar surface area (TPSA) is 83.5 Å². The van der Waals surface area contributed by atoms with Gasteiger partial charge in [-0.2, -0.15) is 0 Å². The van der Waals surface area contributed by atoms with E-state index in [-0.39, 0.29) is 40.1 Å². The van der Waals surface area contributed by atoms with Crippen LogP contribution >= 0.6 is 11.8 Å². The van der Waals surface area contributed by atoms with Crippen LogP contribution in [0.15, 0.2) is 18.2 Å². The number of esters is 1. The monoisotopic (exact) mass is 556 g/mol. The molecule has 0 aliphatic carbocycles. The Morgan fingerprint density at radius 1 is 1.06 bits per heavy atom. The fraction of sp³-hybridized carbons (Fsp3) is 0.731. The molecule has 0 saturated carbocycles. The van der Waals surface area contributed by atoms with Crippen LogP contribution in [0, 0.1) is 0 Å². The van der Waals surface area contributed by atoms with Gasteiger partial charge in [-0.25, -0.2) is 4.79 Å². The number of carbonyl (C=O) groups is 1. The maximum atomic E-state index is 13.2. The molecule has 0 spiro atoms. The van der Waals surface area contributed by atoms with Crippen molar-refractivity contribution in [3.05, 3.63) is 29.3 Å². The third kappa shape index (κ3) is 5.60. The van der Waals surface area contributed by atoms with E-state index in [9.17, 15) is 9.90 Å². The zero-order valence-corrected chi connectivity index (χ0v) is 26.0. The van der Waals surface area contributed by atoms with Gasteiger partial charge in [-0.1, -0.05) is 61.5 Å². The summed E-state index contributed by atoms with van der Waals surface area (Å²) >= 11 is 1.76. The van der Waals surface area contributed by atoms with E-state index in [2.05, 4.69) is 55.4 Å². The van der Waals surface area contributed by atoms with Gasteiger partial charge in [-0.3, -0.25) is 0 Å². The van der Waals surface area contributed by atoms with Gasteiger partial charge < -0.3 is 27.5 Å². The average Bonchev–Trinajstić information content (AvgIpc) is 3.17. The van der Waals surface area contributed by atoms with Crippen LogP contribution < -0.4 is 4.74 Å². The Morgan fingerprint density at radius 3 is 2.19 bits per heavy atom. The van der Waals surface area contributed by atoms with Crippen LogP contribution in [0.4, 0.5) is 0 Å². The number of hydrogen-bond acceptors (Lipinski definition) is 8. The number of benzene rings is 1. The third-order valence-electron chi connectivity index (χ3n) is 7.47. The largest absolute Gasteiger partial charge is 0.496 e. The van der Waals surface area contributed by atoms with Gasteiger partial charge in [0, 0.05) is 5.75 Å². The van der Waals surface area contributed by atoms with E-state index in [1.165, 1.54) is 7.11 Å². The molecule has 2 heterocycles. The molecule has 3 atom stereocenters. The van der Waals surface area contributed by atoms with Crippen LogP contribution in [-0.2, 0) is 24.3 Å². The van der Waals surface area contributed by atoms with E-state index in [0.29, 0.717) is 29.2 Å². The van der Waals surface area contributed by atoms with Gasteiger partial charge in [0.05, 0.1) is 31.7 Å². The molecule has 2 aliphatic heterocycles. The van der Waals surface area contributed by atoms with Gasteiger partial charge in [0.2, 0.25) is 0 Å². The summed E-state index contributed by atoms with van der Waals surface area (Å²) in [7, 11) is -3.87. The van der Waals surface area contributed by atoms with Crippen molar-refractivity contribution in [2.45, 2.75) is 102 Å². The van der Waals surface area contributed by atoms with Gasteiger partial charge >= 0.3 is 23.1 Å². The zero-order chi connectivity index (χ0) is 26.8. The molecular weight excluding hydrogens is 513 g/mol. The van der Waals surface area contributed by atoms with Crippen molar-refractivity contribution in [3.8, 4) is 5.75 Å². The Labute approximate surface area is 223 Å². The summed E-state index contributed by atoms with van der Waals surface area (Å²) in [5, 5.41) is 9.50. The standard InChI is InChI=1S/C26H44O7SSi2/c1-16(2)35(17(3)4)30-14-24-25(32-36(33-35,18(5)6)19(7)8)23(15-34-24)31-26(28)21-11-10-20(13-27)12-22(21)29-9/h10-12,16-19,23-25,27H,13-15H2,1-9H3/t23-,24+,25-/m0/s1. The van der Waals surface area contributed by atoms with Crippen molar-refractivity contribution >= 4 is 34.9 Å². The number of ether oxygens (including phenoxy) is 2. The first-order valence-corrected chi connectivity index (χ1v) is 18.0. The molecule has 204 valence electrons. The average molecular weight is 557 g/mol. The molecule has 36 heavy (non-hydrogen) atoms. The van der Waals surface area contributed by atoms with Gasteiger partial charge in [-0.15, -0.1) is 11.8 Å². The van der Waals surface area contributed by atoms with Crippen molar-refractivity contribution in [1.82, 2.24) is 0 Å². The predicted octanol–water partition coefficient (Wildman–Crippen LogP) is 5.78. The summed E-state index contributed by atoms with van der Waals surface area (Å²) in [6.07, 6.45) is -0.719. The number of fused-ring (bicyclic) bond motifs is 1. The number of aliphatic hydroxyl groups is 1. The van der Waals surface area contributed by atoms with Crippen LogP contribution in [0.3, 0.4) is 0 Å². The Kier molecular flexibility index (Phi) is 9.79. The Hall–Kier alpha value is -0.886. The molecule has 1 aromatic rings. The smallest absolute Gasteiger partial charge is 0.342 e. The van der Waals surface area contributed by atoms with Crippen LogP contribution in [-0.4, -0.2) is 65.1 Å². The molecule has 1 N–H and O–H groups in total. The molecule has 0 amide bonds. The van der Waals surface area contributed by atoms with E-state index in [0.717, 1.165) is 0 Å². The second-order valence-corrected chi connectivity index (χ2v) is 21.2. The van der Waals surface area contributed by atoms with E-state index in [4.69, 9.17) is 22.4 Å². The number of hydrogen-bond donors (Lipinski definition) is 1. The molecule has 2 fully saturated rings. The highest BCUT2D eigenvalue weighted by molar-refractivity contribution is 8.00. The third-order valence-corrected chi connectivity index (χ3v) is 19.1. The van der Waals surface area contributed by atoms with Crippen LogP contribution in [0.1, 0.15) is 71.3 Å². The number of rotatable bonds is 8. The molecule has 2 saturated heterocycles. The normalized spacial score (nSPS) is 25.7. The van der Waals surface area contributed by atoms with E-state index in [1.807, 2.05) is 0 Å². The lowest BCUT2D eigenvalue weighted by atomic mass is 10.1. The lowest BCUT2D eigenvalue weighted by Gasteiger charge is -2.51. The SMILES string of the molecule is COc1cc(CO)ccc1C(=O)O[C@H]1CS[C@@H]2CO[Si](C(C)C)(C(C)C)O[Si](C(C)C)(C(C)C)O[C@@H]12. The van der Waals surface area contributed by atoms with Crippen molar-refractivity contribution < 1.29 is 32.3 Å². The van der Waals surface area contributed by atoms with Crippen molar-refractivity contribution in [2.75, 3.05) is 19.5 Å². The van der Waals surface area contributed by atoms with E-state index < -0.39 is 29.2 Å². The zero-order valence-electron chi connectivity index (χ0n) is 23.2. The Bertz CT molecular complexity index is 892. The number of methoxy groups -OCH3 is 1. The molecule has 0 unspecified atom stereocenters. The molecule has 2 aliphatic rings. The first-order chi connectivity index (χ1) is 16.9. The van der Waals surface area contributed by atoms with Crippen LogP contribution in [0.25, 0.3) is 0 Å². The van der Waals surface area contributed by atoms with Crippen molar-refractivity contribution in [2.24, 2.45) is 0 Å². The summed E-state index contributed by atoms with van der Waals surface area (Å²) in [5.41, 5.74) is 2.00.